The van der Waals surface area contributed by atoms with E-state index in [4.69, 9.17) is 5.11 Å². The number of aliphatic hydroxyl groups excluding tert-OH is 1. The molecule has 0 aliphatic carbocycles. The lowest BCUT2D eigenvalue weighted by Crippen LogP contribution is -2.36. The third kappa shape index (κ3) is 5.55. The second kappa shape index (κ2) is 7.97. The van der Waals surface area contributed by atoms with Gasteiger partial charge in [-0.3, -0.25) is 9.59 Å². The van der Waals surface area contributed by atoms with E-state index in [0.29, 0.717) is 6.54 Å². The first-order valence-electron chi connectivity index (χ1n) is 6.20. The second-order valence-electron chi connectivity index (χ2n) is 4.32. The summed E-state index contributed by atoms with van der Waals surface area (Å²) in [6.45, 7) is 1.62. The molecule has 0 atom stereocenters. The van der Waals surface area contributed by atoms with E-state index in [-0.39, 0.29) is 25.0 Å². The van der Waals surface area contributed by atoms with Crippen LogP contribution < -0.4 is 5.32 Å². The van der Waals surface area contributed by atoms with E-state index in [1.165, 1.54) is 11.8 Å². The van der Waals surface area contributed by atoms with Gasteiger partial charge in [-0.2, -0.15) is 0 Å². The van der Waals surface area contributed by atoms with Crippen LogP contribution in [0.3, 0.4) is 0 Å². The lowest BCUT2D eigenvalue weighted by Gasteiger charge is -2.17. The van der Waals surface area contributed by atoms with Crippen molar-refractivity contribution in [2.45, 2.75) is 13.5 Å². The van der Waals surface area contributed by atoms with Crippen molar-refractivity contribution in [3.8, 4) is 11.8 Å². The van der Waals surface area contributed by atoms with Crippen molar-refractivity contribution in [3.63, 3.8) is 0 Å². The molecule has 0 aliphatic heterocycles. The highest BCUT2D eigenvalue weighted by Crippen LogP contribution is 2.07. The first kappa shape index (κ1) is 15.7. The molecule has 0 aromatic heterocycles. The predicted octanol–water partition coefficient (Wildman–Crippen LogP) is 0.125. The number of nitrogens with one attached hydrogen (secondary N) is 1. The van der Waals surface area contributed by atoms with Gasteiger partial charge in [-0.15, -0.1) is 0 Å². The fourth-order valence-electron chi connectivity index (χ4n) is 1.59. The molecule has 0 spiro atoms. The highest BCUT2D eigenvalue weighted by Gasteiger charge is 2.09. The zero-order chi connectivity index (χ0) is 15.0. The number of carbonyl (C=O) groups excluding carboxylic acids is 2. The molecule has 1 rings (SSSR count). The van der Waals surface area contributed by atoms with Crippen LogP contribution in [0.4, 0.5) is 0 Å². The van der Waals surface area contributed by atoms with E-state index >= 15 is 0 Å². The van der Waals surface area contributed by atoms with Crippen LogP contribution >= 0.6 is 0 Å². The van der Waals surface area contributed by atoms with Gasteiger partial charge in [0.1, 0.15) is 6.61 Å². The SMILES string of the molecule is CC(=O)NCC(=O)N(C)Cc1cccc(C#CCO)c1. The minimum atomic E-state index is -0.229. The van der Waals surface area contributed by atoms with Crippen LogP contribution in [0.25, 0.3) is 0 Å². The fraction of sp³-hybridized carbons (Fsp3) is 0.333. The lowest BCUT2D eigenvalue weighted by molar-refractivity contribution is -0.131. The van der Waals surface area contributed by atoms with E-state index in [1.807, 2.05) is 24.3 Å². The summed E-state index contributed by atoms with van der Waals surface area (Å²) in [5.74, 6) is 5.01. The number of hydrogen-bond acceptors (Lipinski definition) is 3. The maximum Gasteiger partial charge on any atom is 0.242 e. The molecular formula is C15H18N2O3. The average molecular weight is 274 g/mol. The summed E-state index contributed by atoms with van der Waals surface area (Å²) in [5.41, 5.74) is 1.73. The van der Waals surface area contributed by atoms with Crippen molar-refractivity contribution >= 4 is 11.8 Å². The van der Waals surface area contributed by atoms with E-state index in [2.05, 4.69) is 17.2 Å². The molecule has 0 bridgehead atoms. The van der Waals surface area contributed by atoms with E-state index in [1.54, 1.807) is 7.05 Å². The van der Waals surface area contributed by atoms with Crippen LogP contribution in [0.15, 0.2) is 24.3 Å². The summed E-state index contributed by atoms with van der Waals surface area (Å²) in [6, 6.07) is 7.45. The maximum absolute atomic E-state index is 11.8. The van der Waals surface area contributed by atoms with Crippen LogP contribution in [0.1, 0.15) is 18.1 Å². The minimum absolute atomic E-state index is 0.00413. The Morgan fingerprint density at radius 1 is 1.40 bits per heavy atom. The Bertz CT molecular complexity index is 544. The largest absolute Gasteiger partial charge is 0.384 e. The molecule has 5 heteroatoms. The molecule has 5 nitrogen and oxygen atoms in total. The molecule has 20 heavy (non-hydrogen) atoms. The van der Waals surface area contributed by atoms with Gasteiger partial charge < -0.3 is 15.3 Å². The smallest absolute Gasteiger partial charge is 0.242 e. The number of likely N-dealkylation sites (N-methyl/N-ethyl adjacent to an activating group) is 1. The van der Waals surface area contributed by atoms with Gasteiger partial charge in [0.25, 0.3) is 0 Å². The molecule has 2 N–H and O–H groups in total. The molecule has 1 aromatic carbocycles. The molecule has 0 fully saturated rings. The van der Waals surface area contributed by atoms with E-state index < -0.39 is 0 Å². The van der Waals surface area contributed by atoms with Gasteiger partial charge in [0.2, 0.25) is 11.8 Å². The summed E-state index contributed by atoms with van der Waals surface area (Å²) in [5, 5.41) is 11.1. The van der Waals surface area contributed by atoms with Crippen molar-refractivity contribution in [2.24, 2.45) is 0 Å². The lowest BCUT2D eigenvalue weighted by atomic mass is 10.1. The van der Waals surface area contributed by atoms with Gasteiger partial charge in [0.05, 0.1) is 6.54 Å². The van der Waals surface area contributed by atoms with Crippen LogP contribution in [0.2, 0.25) is 0 Å². The molecule has 106 valence electrons. The van der Waals surface area contributed by atoms with Crippen LogP contribution in [-0.4, -0.2) is 42.0 Å². The van der Waals surface area contributed by atoms with Crippen LogP contribution in [-0.2, 0) is 16.1 Å². The average Bonchev–Trinajstić information content (AvgIpc) is 2.42. The molecule has 1 aromatic rings. The molecule has 0 heterocycles. The topological polar surface area (TPSA) is 69.6 Å². The predicted molar refractivity (Wildman–Crippen MR) is 75.6 cm³/mol. The van der Waals surface area contributed by atoms with Gasteiger partial charge in [-0.05, 0) is 17.7 Å². The third-order valence-electron chi connectivity index (χ3n) is 2.57. The normalized spacial score (nSPS) is 9.35. The highest BCUT2D eigenvalue weighted by molar-refractivity contribution is 5.83. The summed E-state index contributed by atoms with van der Waals surface area (Å²) in [7, 11) is 1.68. The van der Waals surface area contributed by atoms with Gasteiger partial charge in [-0.1, -0.05) is 24.0 Å². The van der Waals surface area contributed by atoms with Crippen molar-refractivity contribution < 1.29 is 14.7 Å². The standard InChI is InChI=1S/C15H18N2O3/c1-12(19)16-10-15(20)17(2)11-14-6-3-5-13(9-14)7-4-8-18/h3,5-6,9,18H,8,10-11H2,1-2H3,(H,16,19). The molecule has 2 amide bonds. The first-order valence-corrected chi connectivity index (χ1v) is 6.20. The van der Waals surface area contributed by atoms with Gasteiger partial charge in [-0.25, -0.2) is 0 Å². The first-order chi connectivity index (χ1) is 9.52. The van der Waals surface area contributed by atoms with Gasteiger partial charge in [0.15, 0.2) is 0 Å². The summed E-state index contributed by atoms with van der Waals surface area (Å²) >= 11 is 0. The Hall–Kier alpha value is -2.32. The monoisotopic (exact) mass is 274 g/mol. The summed E-state index contributed by atoms with van der Waals surface area (Å²) in [6.07, 6.45) is 0. The number of hydrogen-bond donors (Lipinski definition) is 2. The van der Waals surface area contributed by atoms with Crippen molar-refractivity contribution in [1.82, 2.24) is 10.2 Å². The second-order valence-corrected chi connectivity index (χ2v) is 4.32. The Morgan fingerprint density at radius 2 is 2.15 bits per heavy atom. The third-order valence-corrected chi connectivity index (χ3v) is 2.57. The van der Waals surface area contributed by atoms with Gasteiger partial charge >= 0.3 is 0 Å². The Balaban J connectivity index is 2.63. The minimum Gasteiger partial charge on any atom is -0.384 e. The molecule has 0 aliphatic rings. The molecule has 0 saturated heterocycles. The number of benzene rings is 1. The zero-order valence-corrected chi connectivity index (χ0v) is 11.6. The summed E-state index contributed by atoms with van der Waals surface area (Å²) in [4.78, 5) is 24.1. The Kier molecular flexibility index (Phi) is 6.27. The number of aliphatic hydroxyl groups is 1. The van der Waals surface area contributed by atoms with Crippen molar-refractivity contribution in [1.29, 1.82) is 0 Å². The molecule has 0 unspecified atom stereocenters. The maximum atomic E-state index is 11.8. The molecular weight excluding hydrogens is 256 g/mol. The molecule has 0 saturated carbocycles. The Morgan fingerprint density at radius 3 is 2.80 bits per heavy atom. The van der Waals surface area contributed by atoms with Crippen LogP contribution in [0, 0.1) is 11.8 Å². The number of nitrogens with zero attached hydrogens (tertiary/aromatic N) is 1. The number of rotatable bonds is 4. The number of amides is 2. The van der Waals surface area contributed by atoms with Gasteiger partial charge in [0, 0.05) is 26.1 Å². The molecule has 0 radical (unpaired) electrons. The number of carbonyl (C=O) groups is 2. The quantitative estimate of drug-likeness (QED) is 0.767. The summed E-state index contributed by atoms with van der Waals surface area (Å²) < 4.78 is 0. The van der Waals surface area contributed by atoms with E-state index in [9.17, 15) is 9.59 Å². The zero-order valence-electron chi connectivity index (χ0n) is 11.6. The Labute approximate surface area is 118 Å². The highest BCUT2D eigenvalue weighted by atomic mass is 16.2. The van der Waals surface area contributed by atoms with Crippen molar-refractivity contribution in [3.05, 3.63) is 35.4 Å². The van der Waals surface area contributed by atoms with Crippen molar-refractivity contribution in [2.75, 3.05) is 20.2 Å². The van der Waals surface area contributed by atoms with Crippen LogP contribution in [0.5, 0.6) is 0 Å². The fourth-order valence-corrected chi connectivity index (χ4v) is 1.59. The van der Waals surface area contributed by atoms with E-state index in [0.717, 1.165) is 11.1 Å².